The van der Waals surface area contributed by atoms with E-state index >= 15 is 0 Å². The quantitative estimate of drug-likeness (QED) is 0.816. The zero-order valence-corrected chi connectivity index (χ0v) is 16.6. The fourth-order valence-corrected chi connectivity index (χ4v) is 4.08. The minimum absolute atomic E-state index is 0.0430. The maximum Gasteiger partial charge on any atom is 0.264 e. The van der Waals surface area contributed by atoms with Crippen molar-refractivity contribution in [3.05, 3.63) is 52.2 Å². The Kier molecular flexibility index (Phi) is 6.50. The van der Waals surface area contributed by atoms with E-state index in [0.717, 1.165) is 24.2 Å². The molecule has 1 N–H and O–H groups in total. The topological polar surface area (TPSA) is 58.6 Å². The molecule has 2 aromatic rings. The van der Waals surface area contributed by atoms with Crippen LogP contribution in [0.5, 0.6) is 5.75 Å². The lowest BCUT2D eigenvalue weighted by Gasteiger charge is -2.35. The summed E-state index contributed by atoms with van der Waals surface area (Å²) in [5.74, 6) is 0.694. The SMILES string of the molecule is CCOc1ccc([C@@H](C)NC(=O)[C@@H]2CCCCN2C(=O)c2cccs2)cc1. The highest BCUT2D eigenvalue weighted by Gasteiger charge is 2.33. The van der Waals surface area contributed by atoms with Crippen molar-refractivity contribution in [1.29, 1.82) is 0 Å². The highest BCUT2D eigenvalue weighted by molar-refractivity contribution is 7.12. The summed E-state index contributed by atoms with van der Waals surface area (Å²) in [4.78, 5) is 28.1. The molecule has 2 atom stereocenters. The largest absolute Gasteiger partial charge is 0.494 e. The van der Waals surface area contributed by atoms with Crippen LogP contribution in [-0.2, 0) is 4.79 Å². The molecule has 144 valence electrons. The Bertz CT molecular complexity index is 758. The normalized spacial score (nSPS) is 18.0. The van der Waals surface area contributed by atoms with Gasteiger partial charge in [0.05, 0.1) is 17.5 Å². The number of rotatable bonds is 6. The number of hydrogen-bond acceptors (Lipinski definition) is 4. The van der Waals surface area contributed by atoms with Crippen LogP contribution in [0.25, 0.3) is 0 Å². The molecule has 0 aliphatic carbocycles. The van der Waals surface area contributed by atoms with Gasteiger partial charge in [-0.05, 0) is 62.3 Å². The summed E-state index contributed by atoms with van der Waals surface area (Å²) in [7, 11) is 0. The Morgan fingerprint density at radius 3 is 2.70 bits per heavy atom. The van der Waals surface area contributed by atoms with E-state index in [-0.39, 0.29) is 17.9 Å². The van der Waals surface area contributed by atoms with Crippen molar-refractivity contribution < 1.29 is 14.3 Å². The summed E-state index contributed by atoms with van der Waals surface area (Å²) < 4.78 is 5.46. The number of hydrogen-bond donors (Lipinski definition) is 1. The van der Waals surface area contributed by atoms with Crippen molar-refractivity contribution >= 4 is 23.2 Å². The summed E-state index contributed by atoms with van der Waals surface area (Å²) in [5, 5.41) is 4.97. The number of benzene rings is 1. The van der Waals surface area contributed by atoms with Crippen molar-refractivity contribution in [3.8, 4) is 5.75 Å². The molecule has 0 spiro atoms. The van der Waals surface area contributed by atoms with E-state index in [9.17, 15) is 9.59 Å². The van der Waals surface area contributed by atoms with E-state index in [1.807, 2.05) is 55.6 Å². The van der Waals surface area contributed by atoms with E-state index in [1.165, 1.54) is 11.3 Å². The van der Waals surface area contributed by atoms with Crippen LogP contribution in [0.2, 0.25) is 0 Å². The van der Waals surface area contributed by atoms with Crippen LogP contribution in [0.4, 0.5) is 0 Å². The molecule has 6 heteroatoms. The van der Waals surface area contributed by atoms with E-state index in [4.69, 9.17) is 4.74 Å². The average molecular weight is 387 g/mol. The van der Waals surface area contributed by atoms with Gasteiger partial charge >= 0.3 is 0 Å². The van der Waals surface area contributed by atoms with Gasteiger partial charge in [-0.3, -0.25) is 9.59 Å². The number of piperidine rings is 1. The highest BCUT2D eigenvalue weighted by atomic mass is 32.1. The first-order chi connectivity index (χ1) is 13.1. The second-order valence-electron chi connectivity index (χ2n) is 6.72. The van der Waals surface area contributed by atoms with E-state index < -0.39 is 6.04 Å². The van der Waals surface area contributed by atoms with Crippen LogP contribution in [0.1, 0.15) is 54.4 Å². The molecule has 1 fully saturated rings. The Morgan fingerprint density at radius 1 is 1.26 bits per heavy atom. The molecule has 2 heterocycles. The lowest BCUT2D eigenvalue weighted by Crippen LogP contribution is -2.52. The second-order valence-corrected chi connectivity index (χ2v) is 7.67. The van der Waals surface area contributed by atoms with E-state index in [1.54, 1.807) is 4.90 Å². The van der Waals surface area contributed by atoms with Gasteiger partial charge in [0.1, 0.15) is 11.8 Å². The molecule has 5 nitrogen and oxygen atoms in total. The van der Waals surface area contributed by atoms with Crippen molar-refractivity contribution in [1.82, 2.24) is 10.2 Å². The lowest BCUT2D eigenvalue weighted by molar-refractivity contribution is -0.127. The number of nitrogens with zero attached hydrogens (tertiary/aromatic N) is 1. The molecule has 1 aliphatic heterocycles. The van der Waals surface area contributed by atoms with Gasteiger partial charge in [0.15, 0.2) is 0 Å². The number of nitrogens with one attached hydrogen (secondary N) is 1. The Balaban J connectivity index is 1.66. The Labute approximate surface area is 164 Å². The molecule has 0 radical (unpaired) electrons. The molecule has 3 rings (SSSR count). The molecule has 1 saturated heterocycles. The van der Waals surface area contributed by atoms with Crippen LogP contribution in [-0.4, -0.2) is 35.9 Å². The third-order valence-electron chi connectivity index (χ3n) is 4.85. The van der Waals surface area contributed by atoms with Gasteiger partial charge in [-0.2, -0.15) is 0 Å². The van der Waals surface area contributed by atoms with Crippen molar-refractivity contribution in [2.45, 2.75) is 45.2 Å². The third kappa shape index (κ3) is 4.69. The van der Waals surface area contributed by atoms with E-state index in [2.05, 4.69) is 5.32 Å². The minimum Gasteiger partial charge on any atom is -0.494 e. The molecule has 2 amide bonds. The fraction of sp³-hybridized carbons (Fsp3) is 0.429. The number of ether oxygens (including phenoxy) is 1. The molecular weight excluding hydrogens is 360 g/mol. The fourth-order valence-electron chi connectivity index (χ4n) is 3.40. The predicted octanol–water partition coefficient (Wildman–Crippen LogP) is 4.02. The van der Waals surface area contributed by atoms with Crippen molar-refractivity contribution in [2.24, 2.45) is 0 Å². The van der Waals surface area contributed by atoms with Gasteiger partial charge in [0.2, 0.25) is 5.91 Å². The first-order valence-corrected chi connectivity index (χ1v) is 10.4. The monoisotopic (exact) mass is 386 g/mol. The molecule has 0 unspecified atom stereocenters. The predicted molar refractivity (Wildman–Crippen MR) is 107 cm³/mol. The average Bonchev–Trinajstić information content (AvgIpc) is 3.23. The maximum atomic E-state index is 12.9. The molecule has 0 bridgehead atoms. The Morgan fingerprint density at radius 2 is 2.04 bits per heavy atom. The van der Waals surface area contributed by atoms with Gasteiger partial charge in [0.25, 0.3) is 5.91 Å². The van der Waals surface area contributed by atoms with Gasteiger partial charge < -0.3 is 15.0 Å². The Hall–Kier alpha value is -2.34. The van der Waals surface area contributed by atoms with Crippen LogP contribution in [0.15, 0.2) is 41.8 Å². The number of likely N-dealkylation sites (tertiary alicyclic amines) is 1. The second kappa shape index (κ2) is 9.04. The molecule has 1 aromatic carbocycles. The summed E-state index contributed by atoms with van der Waals surface area (Å²) >= 11 is 1.42. The molecule has 1 aromatic heterocycles. The third-order valence-corrected chi connectivity index (χ3v) is 5.71. The number of amides is 2. The van der Waals surface area contributed by atoms with Gasteiger partial charge in [-0.1, -0.05) is 18.2 Å². The molecular formula is C21H26N2O3S. The van der Waals surface area contributed by atoms with Gasteiger partial charge in [0, 0.05) is 6.54 Å². The first-order valence-electron chi connectivity index (χ1n) is 9.47. The van der Waals surface area contributed by atoms with Crippen molar-refractivity contribution in [3.63, 3.8) is 0 Å². The summed E-state index contributed by atoms with van der Waals surface area (Å²) in [6, 6.07) is 10.9. The molecule has 27 heavy (non-hydrogen) atoms. The summed E-state index contributed by atoms with van der Waals surface area (Å²) in [6.45, 7) is 5.17. The lowest BCUT2D eigenvalue weighted by atomic mass is 10.00. The molecule has 0 saturated carbocycles. The van der Waals surface area contributed by atoms with Crippen LogP contribution in [0, 0.1) is 0 Å². The van der Waals surface area contributed by atoms with Crippen LogP contribution in [0.3, 0.4) is 0 Å². The molecule has 1 aliphatic rings. The standard InChI is InChI=1S/C21H26N2O3S/c1-3-26-17-11-9-16(10-12-17)15(2)22-20(24)18-7-4-5-13-23(18)21(25)19-8-6-14-27-19/h6,8-12,14-15,18H,3-5,7,13H2,1-2H3,(H,22,24)/t15-,18+/m1/s1. The number of carbonyl (C=O) groups excluding carboxylic acids is 2. The van der Waals surface area contributed by atoms with Crippen LogP contribution < -0.4 is 10.1 Å². The summed E-state index contributed by atoms with van der Waals surface area (Å²) in [6.07, 6.45) is 2.61. The van der Waals surface area contributed by atoms with Crippen molar-refractivity contribution in [2.75, 3.05) is 13.2 Å². The zero-order chi connectivity index (χ0) is 19.2. The number of thiophene rings is 1. The highest BCUT2D eigenvalue weighted by Crippen LogP contribution is 2.23. The minimum atomic E-state index is -0.404. The van der Waals surface area contributed by atoms with E-state index in [0.29, 0.717) is 24.4 Å². The number of carbonyl (C=O) groups is 2. The van der Waals surface area contributed by atoms with Gasteiger partial charge in [-0.15, -0.1) is 11.3 Å². The van der Waals surface area contributed by atoms with Gasteiger partial charge in [-0.25, -0.2) is 0 Å². The van der Waals surface area contributed by atoms with Crippen LogP contribution >= 0.6 is 11.3 Å². The first kappa shape index (κ1) is 19.4. The smallest absolute Gasteiger partial charge is 0.264 e. The summed E-state index contributed by atoms with van der Waals surface area (Å²) in [5.41, 5.74) is 1.01. The maximum absolute atomic E-state index is 12.9. The zero-order valence-electron chi connectivity index (χ0n) is 15.8.